The first-order chi connectivity index (χ1) is 15.0. The van der Waals surface area contributed by atoms with Crippen LogP contribution < -0.4 is 0 Å². The highest BCUT2D eigenvalue weighted by Gasteiger charge is 2.23. The standard InChI is InChI=1S/C24H16Cl3N3S/c25-17-8-5-14(6-9-17)23-21(12-16(13-28)15-7-10-18(26)19(27)11-15)30-20-3-1-2-4-22(20)31-24(30)29-23/h5-12H,1-4H2. The first-order valence-corrected chi connectivity index (χ1v) is 11.9. The summed E-state index contributed by atoms with van der Waals surface area (Å²) in [7, 11) is 0. The molecule has 5 rings (SSSR count). The fourth-order valence-corrected chi connectivity index (χ4v) is 5.63. The van der Waals surface area contributed by atoms with Crippen LogP contribution in [0.25, 0.3) is 27.9 Å². The summed E-state index contributed by atoms with van der Waals surface area (Å²) in [5.41, 5.74) is 5.23. The van der Waals surface area contributed by atoms with Crippen LogP contribution in [0.15, 0.2) is 42.5 Å². The topological polar surface area (TPSA) is 41.1 Å². The number of imidazole rings is 1. The predicted molar refractivity (Wildman–Crippen MR) is 130 cm³/mol. The Bertz CT molecular complexity index is 1370. The van der Waals surface area contributed by atoms with Gasteiger partial charge in [-0.2, -0.15) is 5.26 Å². The van der Waals surface area contributed by atoms with Gasteiger partial charge < -0.3 is 0 Å². The molecule has 0 amide bonds. The Morgan fingerprint density at radius 1 is 1.03 bits per heavy atom. The van der Waals surface area contributed by atoms with Crippen molar-refractivity contribution < 1.29 is 0 Å². The van der Waals surface area contributed by atoms with Gasteiger partial charge in [0, 0.05) is 21.2 Å². The molecule has 31 heavy (non-hydrogen) atoms. The monoisotopic (exact) mass is 483 g/mol. The van der Waals surface area contributed by atoms with Gasteiger partial charge in [0.05, 0.1) is 33.1 Å². The summed E-state index contributed by atoms with van der Waals surface area (Å²) in [6.45, 7) is 0. The number of aromatic nitrogens is 2. The van der Waals surface area contributed by atoms with E-state index in [0.29, 0.717) is 20.6 Å². The van der Waals surface area contributed by atoms with Crippen molar-refractivity contribution in [3.63, 3.8) is 0 Å². The lowest BCUT2D eigenvalue weighted by Crippen LogP contribution is -2.04. The van der Waals surface area contributed by atoms with Gasteiger partial charge in [-0.15, -0.1) is 11.3 Å². The molecule has 3 nitrogen and oxygen atoms in total. The molecule has 1 aliphatic carbocycles. The summed E-state index contributed by atoms with van der Waals surface area (Å²) in [6, 6.07) is 15.2. The second kappa shape index (κ2) is 8.33. The van der Waals surface area contributed by atoms with Crippen LogP contribution in [0.3, 0.4) is 0 Å². The number of hydrogen-bond donors (Lipinski definition) is 0. The van der Waals surface area contributed by atoms with Gasteiger partial charge in [0.25, 0.3) is 0 Å². The third kappa shape index (κ3) is 3.77. The van der Waals surface area contributed by atoms with Crippen LogP contribution in [0, 0.1) is 11.3 Å². The van der Waals surface area contributed by atoms with Crippen LogP contribution in [0.1, 0.15) is 34.7 Å². The van der Waals surface area contributed by atoms with Crippen molar-refractivity contribution in [3.8, 4) is 17.3 Å². The molecule has 4 aromatic rings. The normalized spacial score (nSPS) is 13.9. The predicted octanol–water partition coefficient (Wildman–Crippen LogP) is 7.97. The molecule has 0 unspecified atom stereocenters. The maximum atomic E-state index is 9.96. The molecule has 2 heterocycles. The number of nitrogens with zero attached hydrogens (tertiary/aromatic N) is 3. The van der Waals surface area contributed by atoms with Gasteiger partial charge in [0.15, 0.2) is 4.96 Å². The molecule has 0 bridgehead atoms. The first-order valence-electron chi connectivity index (χ1n) is 9.91. The van der Waals surface area contributed by atoms with E-state index in [-0.39, 0.29) is 0 Å². The molecule has 1 aliphatic rings. The van der Waals surface area contributed by atoms with E-state index >= 15 is 0 Å². The Labute approximate surface area is 199 Å². The van der Waals surface area contributed by atoms with Crippen molar-refractivity contribution in [3.05, 3.63) is 79.4 Å². The summed E-state index contributed by atoms with van der Waals surface area (Å²) in [4.78, 5) is 7.31. The van der Waals surface area contributed by atoms with Crippen LogP contribution in [-0.2, 0) is 12.8 Å². The van der Waals surface area contributed by atoms with Crippen molar-refractivity contribution in [2.45, 2.75) is 25.7 Å². The Morgan fingerprint density at radius 2 is 1.81 bits per heavy atom. The van der Waals surface area contributed by atoms with Crippen LogP contribution in [0.2, 0.25) is 15.1 Å². The average molecular weight is 485 g/mol. The van der Waals surface area contributed by atoms with E-state index in [9.17, 15) is 5.26 Å². The minimum Gasteiger partial charge on any atom is -0.287 e. The summed E-state index contributed by atoms with van der Waals surface area (Å²) in [6.07, 6.45) is 6.38. The van der Waals surface area contributed by atoms with Crippen molar-refractivity contribution in [2.75, 3.05) is 0 Å². The Morgan fingerprint density at radius 3 is 2.55 bits per heavy atom. The van der Waals surface area contributed by atoms with Gasteiger partial charge >= 0.3 is 0 Å². The highest BCUT2D eigenvalue weighted by atomic mass is 35.5. The summed E-state index contributed by atoms with van der Waals surface area (Å²) in [5.74, 6) is 0. The highest BCUT2D eigenvalue weighted by Crippen LogP contribution is 2.37. The van der Waals surface area contributed by atoms with E-state index in [1.807, 2.05) is 36.4 Å². The number of halogens is 3. The molecule has 0 aliphatic heterocycles. The molecule has 0 atom stereocenters. The first kappa shape index (κ1) is 20.6. The minimum atomic E-state index is 0.421. The lowest BCUT2D eigenvalue weighted by molar-refractivity contribution is 0.674. The molecule has 0 spiro atoms. The van der Waals surface area contributed by atoms with Crippen LogP contribution in [-0.4, -0.2) is 9.38 Å². The third-order valence-corrected chi connectivity index (χ3v) is 7.64. The molecule has 0 saturated heterocycles. The van der Waals surface area contributed by atoms with Gasteiger partial charge in [-0.3, -0.25) is 4.40 Å². The zero-order chi connectivity index (χ0) is 21.5. The van der Waals surface area contributed by atoms with Crippen LogP contribution >= 0.6 is 46.1 Å². The van der Waals surface area contributed by atoms with Gasteiger partial charge in [-0.1, -0.05) is 53.0 Å². The molecule has 2 aromatic carbocycles. The fourth-order valence-electron chi connectivity index (χ4n) is 3.99. The largest absolute Gasteiger partial charge is 0.287 e. The van der Waals surface area contributed by atoms with E-state index in [4.69, 9.17) is 39.8 Å². The maximum Gasteiger partial charge on any atom is 0.195 e. The Kier molecular flexibility index (Phi) is 5.54. The van der Waals surface area contributed by atoms with E-state index in [2.05, 4.69) is 10.5 Å². The maximum absolute atomic E-state index is 9.96. The number of aryl methyl sites for hydroxylation is 2. The van der Waals surface area contributed by atoms with E-state index in [1.54, 1.807) is 23.5 Å². The second-order valence-electron chi connectivity index (χ2n) is 7.45. The lowest BCUT2D eigenvalue weighted by atomic mass is 10.0. The molecule has 0 radical (unpaired) electrons. The number of nitriles is 1. The SMILES string of the molecule is N#CC(=Cc1c(-c2ccc(Cl)cc2)nc2sc3c(n12)CCCC3)c1ccc(Cl)c(Cl)c1. The zero-order valence-corrected chi connectivity index (χ0v) is 19.4. The minimum absolute atomic E-state index is 0.421. The number of fused-ring (bicyclic) bond motifs is 3. The summed E-state index contributed by atoms with van der Waals surface area (Å²) < 4.78 is 2.22. The molecular formula is C24H16Cl3N3S. The molecule has 2 aromatic heterocycles. The zero-order valence-electron chi connectivity index (χ0n) is 16.3. The third-order valence-electron chi connectivity index (χ3n) is 5.51. The lowest BCUT2D eigenvalue weighted by Gasteiger charge is -2.12. The number of benzene rings is 2. The summed E-state index contributed by atoms with van der Waals surface area (Å²) in [5, 5.41) is 11.5. The van der Waals surface area contributed by atoms with E-state index < -0.39 is 0 Å². The molecular weight excluding hydrogens is 469 g/mol. The van der Waals surface area contributed by atoms with Crippen molar-refractivity contribution >= 4 is 62.7 Å². The molecule has 0 saturated carbocycles. The second-order valence-corrected chi connectivity index (χ2v) is 9.76. The smallest absolute Gasteiger partial charge is 0.195 e. The number of rotatable bonds is 3. The average Bonchev–Trinajstić information content (AvgIpc) is 3.31. The summed E-state index contributed by atoms with van der Waals surface area (Å²) >= 11 is 20.1. The van der Waals surface area contributed by atoms with Crippen molar-refractivity contribution in [1.29, 1.82) is 5.26 Å². The van der Waals surface area contributed by atoms with Crippen molar-refractivity contribution in [1.82, 2.24) is 9.38 Å². The number of hydrogen-bond acceptors (Lipinski definition) is 3. The Balaban J connectivity index is 1.76. The highest BCUT2D eigenvalue weighted by molar-refractivity contribution is 7.17. The quantitative estimate of drug-likeness (QED) is 0.277. The molecule has 154 valence electrons. The Hall–Kier alpha value is -2.29. The van der Waals surface area contributed by atoms with Gasteiger partial charge in [0.2, 0.25) is 0 Å². The van der Waals surface area contributed by atoms with E-state index in [0.717, 1.165) is 46.7 Å². The fraction of sp³-hybridized carbons (Fsp3) is 0.167. The number of thiazole rings is 1. The van der Waals surface area contributed by atoms with Gasteiger partial charge in [-0.25, -0.2) is 4.98 Å². The molecule has 7 heteroatoms. The van der Waals surface area contributed by atoms with Crippen LogP contribution in [0.5, 0.6) is 0 Å². The van der Waals surface area contributed by atoms with Gasteiger partial charge in [-0.05, 0) is 61.6 Å². The molecule has 0 fully saturated rings. The van der Waals surface area contributed by atoms with Crippen molar-refractivity contribution in [2.24, 2.45) is 0 Å². The van der Waals surface area contributed by atoms with Gasteiger partial charge in [0.1, 0.15) is 0 Å². The number of allylic oxidation sites excluding steroid dienone is 1. The van der Waals surface area contributed by atoms with Crippen LogP contribution in [0.4, 0.5) is 0 Å². The van der Waals surface area contributed by atoms with E-state index in [1.165, 1.54) is 17.0 Å². The molecule has 0 N–H and O–H groups in total.